The molecule has 1 amide bonds. The summed E-state index contributed by atoms with van der Waals surface area (Å²) in [6.07, 6.45) is 0. The summed E-state index contributed by atoms with van der Waals surface area (Å²) in [6, 6.07) is 7.39. The predicted molar refractivity (Wildman–Crippen MR) is 80.2 cm³/mol. The number of hydrogen-bond donors (Lipinski definition) is 2. The Morgan fingerprint density at radius 1 is 1.48 bits per heavy atom. The molecule has 2 heterocycles. The average molecular weight is 304 g/mol. The number of nitrogens with zero attached hydrogens (tertiary/aromatic N) is 3. The summed E-state index contributed by atoms with van der Waals surface area (Å²) in [5.74, 6) is 1.08. The predicted octanol–water partition coefficient (Wildman–Crippen LogP) is 2.19. The number of benzene rings is 1. The zero-order valence-corrected chi connectivity index (χ0v) is 12.4. The molecule has 6 nitrogen and oxygen atoms in total. The number of hydrogen-bond acceptors (Lipinski definition) is 3. The molecule has 0 unspecified atom stereocenters. The third kappa shape index (κ3) is 2.50. The molecule has 108 valence electrons. The molecule has 0 fully saturated rings. The van der Waals surface area contributed by atoms with E-state index in [-0.39, 0.29) is 12.5 Å². The second kappa shape index (κ2) is 5.21. The summed E-state index contributed by atoms with van der Waals surface area (Å²) < 4.78 is 1.82. The van der Waals surface area contributed by atoms with Gasteiger partial charge in [-0.1, -0.05) is 17.7 Å². The van der Waals surface area contributed by atoms with Crippen LogP contribution in [0.25, 0.3) is 10.9 Å². The minimum Gasteiger partial charge on any atom is -0.343 e. The van der Waals surface area contributed by atoms with Crippen molar-refractivity contribution in [3.63, 3.8) is 0 Å². The van der Waals surface area contributed by atoms with Gasteiger partial charge < -0.3 is 9.88 Å². The summed E-state index contributed by atoms with van der Waals surface area (Å²) in [5.41, 5.74) is 1.46. The van der Waals surface area contributed by atoms with Gasteiger partial charge in [0.1, 0.15) is 11.5 Å². The van der Waals surface area contributed by atoms with Crippen molar-refractivity contribution >= 4 is 28.4 Å². The Morgan fingerprint density at radius 3 is 2.95 bits per heavy atom. The van der Waals surface area contributed by atoms with Crippen LogP contribution in [0.3, 0.4) is 0 Å². The van der Waals surface area contributed by atoms with Gasteiger partial charge in [0.25, 0.3) is 5.91 Å². The number of H-pyrrole nitrogens is 1. The van der Waals surface area contributed by atoms with Gasteiger partial charge in [-0.2, -0.15) is 5.10 Å². The van der Waals surface area contributed by atoms with E-state index in [1.165, 1.54) is 0 Å². The molecule has 0 bridgehead atoms. The summed E-state index contributed by atoms with van der Waals surface area (Å²) in [4.78, 5) is 16.4. The first kappa shape index (κ1) is 13.6. The number of aromatic amines is 1. The highest BCUT2D eigenvalue weighted by atomic mass is 35.5. The van der Waals surface area contributed by atoms with Crippen molar-refractivity contribution in [2.75, 3.05) is 0 Å². The molecule has 0 aliphatic heterocycles. The molecule has 3 rings (SSSR count). The van der Waals surface area contributed by atoms with Gasteiger partial charge in [-0.15, -0.1) is 0 Å². The van der Waals surface area contributed by atoms with Crippen LogP contribution in [0.5, 0.6) is 0 Å². The molecular weight excluding hydrogens is 290 g/mol. The van der Waals surface area contributed by atoms with Gasteiger partial charge in [0, 0.05) is 23.0 Å². The van der Waals surface area contributed by atoms with Crippen molar-refractivity contribution in [3.05, 3.63) is 46.6 Å². The molecule has 0 radical (unpaired) electrons. The van der Waals surface area contributed by atoms with Crippen molar-refractivity contribution in [2.45, 2.75) is 13.5 Å². The molecular formula is C14H14ClN5O. The average Bonchev–Trinajstić information content (AvgIpc) is 3.02. The number of carbonyl (C=O) groups excluding carboxylic acids is 1. The molecule has 21 heavy (non-hydrogen) atoms. The molecule has 0 spiro atoms. The number of halogens is 1. The SMILES string of the molecule is Cc1nc(CNC(=O)c2cc3c(Cl)cccc3n2C)n[nH]1. The zero-order valence-electron chi connectivity index (χ0n) is 11.6. The van der Waals surface area contributed by atoms with E-state index < -0.39 is 0 Å². The van der Waals surface area contributed by atoms with E-state index in [0.717, 1.165) is 16.7 Å². The lowest BCUT2D eigenvalue weighted by molar-refractivity contribution is 0.0942. The maximum absolute atomic E-state index is 12.3. The third-order valence-electron chi connectivity index (χ3n) is 3.32. The number of aromatic nitrogens is 4. The Morgan fingerprint density at radius 2 is 2.29 bits per heavy atom. The summed E-state index contributed by atoms with van der Waals surface area (Å²) in [7, 11) is 1.84. The molecule has 1 aromatic carbocycles. The van der Waals surface area contributed by atoms with Crippen LogP contribution in [0.4, 0.5) is 0 Å². The molecule has 2 N–H and O–H groups in total. The molecule has 2 aromatic heterocycles. The maximum Gasteiger partial charge on any atom is 0.268 e. The van der Waals surface area contributed by atoms with E-state index in [1.807, 2.05) is 36.7 Å². The van der Waals surface area contributed by atoms with Crippen molar-refractivity contribution in [1.82, 2.24) is 25.1 Å². The number of fused-ring (bicyclic) bond motifs is 1. The van der Waals surface area contributed by atoms with Gasteiger partial charge in [0.05, 0.1) is 6.54 Å². The van der Waals surface area contributed by atoms with Crippen molar-refractivity contribution < 1.29 is 4.79 Å². The summed E-state index contributed by atoms with van der Waals surface area (Å²) in [6.45, 7) is 2.09. The lowest BCUT2D eigenvalue weighted by atomic mass is 10.2. The zero-order chi connectivity index (χ0) is 15.0. The second-order valence-electron chi connectivity index (χ2n) is 4.78. The van der Waals surface area contributed by atoms with E-state index in [0.29, 0.717) is 16.5 Å². The molecule has 7 heteroatoms. The summed E-state index contributed by atoms with van der Waals surface area (Å²) in [5, 5.41) is 11.0. The molecule has 0 atom stereocenters. The lowest BCUT2D eigenvalue weighted by Crippen LogP contribution is -2.25. The Balaban J connectivity index is 1.84. The number of rotatable bonds is 3. The van der Waals surface area contributed by atoms with E-state index in [4.69, 9.17) is 11.6 Å². The third-order valence-corrected chi connectivity index (χ3v) is 3.65. The number of aryl methyl sites for hydroxylation is 2. The minimum atomic E-state index is -0.188. The van der Waals surface area contributed by atoms with Crippen molar-refractivity contribution in [3.8, 4) is 0 Å². The van der Waals surface area contributed by atoms with E-state index in [2.05, 4.69) is 20.5 Å². The normalized spacial score (nSPS) is 11.0. The van der Waals surface area contributed by atoms with Crippen LogP contribution in [0.2, 0.25) is 5.02 Å². The largest absolute Gasteiger partial charge is 0.343 e. The van der Waals surface area contributed by atoms with Crippen LogP contribution in [-0.4, -0.2) is 25.7 Å². The Labute approximate surface area is 126 Å². The topological polar surface area (TPSA) is 75.6 Å². The standard InChI is InChI=1S/C14H14ClN5O/c1-8-17-13(19-18-8)7-16-14(21)12-6-9-10(15)4-3-5-11(9)20(12)2/h3-6H,7H2,1-2H3,(H,16,21)(H,17,18,19). The monoisotopic (exact) mass is 303 g/mol. The first-order valence-electron chi connectivity index (χ1n) is 6.46. The van der Waals surface area contributed by atoms with E-state index in [9.17, 15) is 4.79 Å². The van der Waals surface area contributed by atoms with Gasteiger partial charge in [0.15, 0.2) is 5.82 Å². The van der Waals surface area contributed by atoms with Gasteiger partial charge in [-0.25, -0.2) is 4.98 Å². The van der Waals surface area contributed by atoms with Crippen LogP contribution in [0.15, 0.2) is 24.3 Å². The Hall–Kier alpha value is -2.34. The summed E-state index contributed by atoms with van der Waals surface area (Å²) >= 11 is 6.15. The van der Waals surface area contributed by atoms with Crippen LogP contribution in [-0.2, 0) is 13.6 Å². The fourth-order valence-corrected chi connectivity index (χ4v) is 2.48. The number of carbonyl (C=O) groups is 1. The van der Waals surface area contributed by atoms with Gasteiger partial charge in [0.2, 0.25) is 0 Å². The highest BCUT2D eigenvalue weighted by molar-refractivity contribution is 6.35. The second-order valence-corrected chi connectivity index (χ2v) is 5.19. The highest BCUT2D eigenvalue weighted by Crippen LogP contribution is 2.26. The fraction of sp³-hybridized carbons (Fsp3) is 0.214. The van der Waals surface area contributed by atoms with Crippen molar-refractivity contribution in [1.29, 1.82) is 0 Å². The molecule has 3 aromatic rings. The first-order valence-corrected chi connectivity index (χ1v) is 6.84. The Bertz CT molecular complexity index is 820. The van der Waals surface area contributed by atoms with Gasteiger partial charge in [-0.3, -0.25) is 9.89 Å². The van der Waals surface area contributed by atoms with Gasteiger partial charge in [-0.05, 0) is 25.1 Å². The maximum atomic E-state index is 12.3. The van der Waals surface area contributed by atoms with Crippen molar-refractivity contribution in [2.24, 2.45) is 7.05 Å². The highest BCUT2D eigenvalue weighted by Gasteiger charge is 2.15. The van der Waals surface area contributed by atoms with E-state index >= 15 is 0 Å². The van der Waals surface area contributed by atoms with Crippen LogP contribution in [0, 0.1) is 6.92 Å². The van der Waals surface area contributed by atoms with Crippen LogP contribution < -0.4 is 5.32 Å². The van der Waals surface area contributed by atoms with E-state index in [1.54, 1.807) is 6.07 Å². The number of amides is 1. The molecule has 0 aliphatic carbocycles. The quantitative estimate of drug-likeness (QED) is 0.779. The molecule has 0 saturated carbocycles. The Kier molecular flexibility index (Phi) is 3.39. The fourth-order valence-electron chi connectivity index (χ4n) is 2.26. The van der Waals surface area contributed by atoms with Crippen LogP contribution in [0.1, 0.15) is 22.1 Å². The van der Waals surface area contributed by atoms with Gasteiger partial charge >= 0.3 is 0 Å². The molecule has 0 aliphatic rings. The lowest BCUT2D eigenvalue weighted by Gasteiger charge is -2.04. The number of nitrogens with one attached hydrogen (secondary N) is 2. The minimum absolute atomic E-state index is 0.188. The smallest absolute Gasteiger partial charge is 0.268 e. The molecule has 0 saturated heterocycles. The first-order chi connectivity index (χ1) is 10.1. The van der Waals surface area contributed by atoms with Crippen LogP contribution >= 0.6 is 11.6 Å².